The fourth-order valence-corrected chi connectivity index (χ4v) is 2.51. The average molecular weight is 389 g/mol. The average Bonchev–Trinajstić information content (AvgIpc) is 3.40. The number of ether oxygens (including phenoxy) is 1. The van der Waals surface area contributed by atoms with E-state index in [4.69, 9.17) is 4.74 Å². The second kappa shape index (κ2) is 7.49. The highest BCUT2D eigenvalue weighted by molar-refractivity contribution is 9.10. The monoisotopic (exact) mass is 388 g/mol. The molecule has 0 unspecified atom stereocenters. The van der Waals surface area contributed by atoms with Crippen molar-refractivity contribution in [1.82, 2.24) is 0 Å². The molecule has 0 spiro atoms. The minimum atomic E-state index is -0.246. The van der Waals surface area contributed by atoms with Crippen molar-refractivity contribution in [2.75, 3.05) is 17.2 Å². The first-order chi connectivity index (χ1) is 11.6. The molecule has 1 saturated carbocycles. The van der Waals surface area contributed by atoms with Crippen molar-refractivity contribution in [2.45, 2.75) is 12.8 Å². The SMILES string of the molecule is O=C(COc1cccc(Br)c1)Nc1ccc(NC(=O)C2CC2)cc1. The van der Waals surface area contributed by atoms with Gasteiger partial charge in [0.1, 0.15) is 5.75 Å². The van der Waals surface area contributed by atoms with E-state index in [0.29, 0.717) is 11.4 Å². The number of hydrogen-bond donors (Lipinski definition) is 2. The van der Waals surface area contributed by atoms with Crippen molar-refractivity contribution >= 4 is 39.1 Å². The number of rotatable bonds is 6. The van der Waals surface area contributed by atoms with Gasteiger partial charge in [0.25, 0.3) is 5.91 Å². The van der Waals surface area contributed by atoms with E-state index in [1.54, 1.807) is 36.4 Å². The summed E-state index contributed by atoms with van der Waals surface area (Å²) in [7, 11) is 0. The van der Waals surface area contributed by atoms with Crippen LogP contribution in [-0.4, -0.2) is 18.4 Å². The van der Waals surface area contributed by atoms with E-state index in [-0.39, 0.29) is 24.3 Å². The van der Waals surface area contributed by atoms with Gasteiger partial charge in [-0.25, -0.2) is 0 Å². The molecule has 6 heteroatoms. The van der Waals surface area contributed by atoms with Crippen LogP contribution in [0.25, 0.3) is 0 Å². The van der Waals surface area contributed by atoms with Crippen LogP contribution in [0.3, 0.4) is 0 Å². The van der Waals surface area contributed by atoms with Crippen LogP contribution in [0.2, 0.25) is 0 Å². The number of amides is 2. The molecule has 5 nitrogen and oxygen atoms in total. The van der Waals surface area contributed by atoms with E-state index in [1.165, 1.54) is 0 Å². The third kappa shape index (κ3) is 4.83. The van der Waals surface area contributed by atoms with E-state index < -0.39 is 0 Å². The molecular formula is C18H17BrN2O3. The molecule has 124 valence electrons. The third-order valence-electron chi connectivity index (χ3n) is 3.55. The molecule has 0 aromatic heterocycles. The molecule has 0 saturated heterocycles. The number of anilines is 2. The molecule has 3 rings (SSSR count). The predicted molar refractivity (Wildman–Crippen MR) is 96.1 cm³/mol. The molecule has 0 heterocycles. The number of hydrogen-bond acceptors (Lipinski definition) is 3. The molecule has 24 heavy (non-hydrogen) atoms. The topological polar surface area (TPSA) is 67.4 Å². The van der Waals surface area contributed by atoms with Gasteiger partial charge < -0.3 is 15.4 Å². The number of halogens is 1. The fraction of sp³-hybridized carbons (Fsp3) is 0.222. The maximum absolute atomic E-state index is 11.9. The fourth-order valence-electron chi connectivity index (χ4n) is 2.13. The van der Waals surface area contributed by atoms with Crippen molar-refractivity contribution in [3.05, 3.63) is 53.0 Å². The van der Waals surface area contributed by atoms with E-state index in [9.17, 15) is 9.59 Å². The van der Waals surface area contributed by atoms with E-state index in [2.05, 4.69) is 26.6 Å². The van der Waals surface area contributed by atoms with Crippen molar-refractivity contribution in [1.29, 1.82) is 0 Å². The lowest BCUT2D eigenvalue weighted by atomic mass is 10.2. The minimum absolute atomic E-state index is 0.0641. The zero-order valence-electron chi connectivity index (χ0n) is 12.9. The minimum Gasteiger partial charge on any atom is -0.484 e. The standard InChI is InChI=1S/C18H17BrN2O3/c19-13-2-1-3-16(10-13)24-11-17(22)20-14-6-8-15(9-7-14)21-18(23)12-4-5-12/h1-3,6-10,12H,4-5,11H2,(H,20,22)(H,21,23). The molecule has 2 aromatic carbocycles. The molecule has 2 N–H and O–H groups in total. The Labute approximate surface area is 148 Å². The molecule has 1 aliphatic rings. The summed E-state index contributed by atoms with van der Waals surface area (Å²) in [6.07, 6.45) is 1.94. The van der Waals surface area contributed by atoms with Gasteiger partial charge in [-0.1, -0.05) is 22.0 Å². The summed E-state index contributed by atoms with van der Waals surface area (Å²) in [4.78, 5) is 23.6. The highest BCUT2D eigenvalue weighted by atomic mass is 79.9. The third-order valence-corrected chi connectivity index (χ3v) is 4.04. The first-order valence-electron chi connectivity index (χ1n) is 7.69. The Morgan fingerprint density at radius 3 is 2.33 bits per heavy atom. The van der Waals surface area contributed by atoms with E-state index in [1.807, 2.05) is 12.1 Å². The summed E-state index contributed by atoms with van der Waals surface area (Å²) in [6.45, 7) is -0.0728. The van der Waals surface area contributed by atoms with Gasteiger partial charge in [-0.3, -0.25) is 9.59 Å². The van der Waals surface area contributed by atoms with Crippen LogP contribution >= 0.6 is 15.9 Å². The lowest BCUT2D eigenvalue weighted by Gasteiger charge is -2.09. The van der Waals surface area contributed by atoms with Crippen molar-refractivity contribution in [2.24, 2.45) is 5.92 Å². The van der Waals surface area contributed by atoms with Crippen LogP contribution in [0.15, 0.2) is 53.0 Å². The van der Waals surface area contributed by atoms with Crippen molar-refractivity contribution in [3.8, 4) is 5.75 Å². The van der Waals surface area contributed by atoms with Gasteiger partial charge in [0.05, 0.1) is 0 Å². The van der Waals surface area contributed by atoms with Gasteiger partial charge in [0.2, 0.25) is 5.91 Å². The summed E-state index contributed by atoms with van der Waals surface area (Å²) in [5.41, 5.74) is 1.39. The van der Waals surface area contributed by atoms with E-state index >= 15 is 0 Å². The van der Waals surface area contributed by atoms with E-state index in [0.717, 1.165) is 23.0 Å². The predicted octanol–water partition coefficient (Wildman–Crippen LogP) is 3.82. The Kier molecular flexibility index (Phi) is 5.15. The van der Waals surface area contributed by atoms with Crippen LogP contribution in [0.5, 0.6) is 5.75 Å². The molecule has 1 fully saturated rings. The zero-order chi connectivity index (χ0) is 16.9. The molecule has 1 aliphatic carbocycles. The number of benzene rings is 2. The molecule has 0 radical (unpaired) electrons. The van der Waals surface area contributed by atoms with Crippen LogP contribution in [0, 0.1) is 5.92 Å². The van der Waals surface area contributed by atoms with Crippen LogP contribution in [0.4, 0.5) is 11.4 Å². The van der Waals surface area contributed by atoms with Crippen molar-refractivity contribution in [3.63, 3.8) is 0 Å². The summed E-state index contributed by atoms with van der Waals surface area (Å²) >= 11 is 3.35. The van der Waals surface area contributed by atoms with Crippen LogP contribution in [0.1, 0.15) is 12.8 Å². The van der Waals surface area contributed by atoms with Gasteiger partial charge in [-0.15, -0.1) is 0 Å². The second-order valence-electron chi connectivity index (χ2n) is 5.64. The maximum Gasteiger partial charge on any atom is 0.262 e. The highest BCUT2D eigenvalue weighted by Gasteiger charge is 2.29. The summed E-state index contributed by atoms with van der Waals surface area (Å²) in [5, 5.41) is 5.61. The van der Waals surface area contributed by atoms with Gasteiger partial charge in [0.15, 0.2) is 6.61 Å². The van der Waals surface area contributed by atoms with Crippen LogP contribution < -0.4 is 15.4 Å². The van der Waals surface area contributed by atoms with Gasteiger partial charge in [-0.05, 0) is 55.3 Å². The molecule has 2 amide bonds. The smallest absolute Gasteiger partial charge is 0.262 e. The molecule has 0 atom stereocenters. The van der Waals surface area contributed by atoms with Gasteiger partial charge >= 0.3 is 0 Å². The quantitative estimate of drug-likeness (QED) is 0.790. The zero-order valence-corrected chi connectivity index (χ0v) is 14.5. The Morgan fingerprint density at radius 2 is 1.71 bits per heavy atom. The lowest BCUT2D eigenvalue weighted by molar-refractivity contribution is -0.118. The molecule has 0 bridgehead atoms. The molecule has 0 aliphatic heterocycles. The summed E-state index contributed by atoms with van der Waals surface area (Å²) in [5.74, 6) is 0.608. The lowest BCUT2D eigenvalue weighted by Crippen LogP contribution is -2.20. The Hall–Kier alpha value is -2.34. The largest absolute Gasteiger partial charge is 0.484 e. The van der Waals surface area contributed by atoms with Gasteiger partial charge in [0, 0.05) is 21.8 Å². The Morgan fingerprint density at radius 1 is 1.04 bits per heavy atom. The first-order valence-corrected chi connectivity index (χ1v) is 8.48. The molecular weight excluding hydrogens is 372 g/mol. The Bertz CT molecular complexity index is 742. The number of carbonyl (C=O) groups excluding carboxylic acids is 2. The van der Waals surface area contributed by atoms with Crippen molar-refractivity contribution < 1.29 is 14.3 Å². The highest BCUT2D eigenvalue weighted by Crippen LogP contribution is 2.30. The normalized spacial score (nSPS) is 13.2. The summed E-state index contributed by atoms with van der Waals surface area (Å²) < 4.78 is 6.32. The first kappa shape index (κ1) is 16.5. The second-order valence-corrected chi connectivity index (χ2v) is 6.55. The summed E-state index contributed by atoms with van der Waals surface area (Å²) in [6, 6.07) is 14.3. The van der Waals surface area contributed by atoms with Crippen LogP contribution in [-0.2, 0) is 9.59 Å². The van der Waals surface area contributed by atoms with Gasteiger partial charge in [-0.2, -0.15) is 0 Å². The maximum atomic E-state index is 11.9. The number of carbonyl (C=O) groups is 2. The Balaban J connectivity index is 1.48. The number of nitrogens with one attached hydrogen (secondary N) is 2. The molecule has 2 aromatic rings.